The highest BCUT2D eigenvalue weighted by atomic mass is 35.5. The van der Waals surface area contributed by atoms with Crippen LogP contribution in [0.15, 0.2) is 47.6 Å². The van der Waals surface area contributed by atoms with E-state index < -0.39 is 0 Å². The Kier molecular flexibility index (Phi) is 7.70. The molecule has 0 spiro atoms. The third kappa shape index (κ3) is 6.32. The van der Waals surface area contributed by atoms with Crippen molar-refractivity contribution in [1.29, 1.82) is 0 Å². The van der Waals surface area contributed by atoms with Gasteiger partial charge in [0.25, 0.3) is 0 Å². The summed E-state index contributed by atoms with van der Waals surface area (Å²) in [7, 11) is 1.57. The van der Waals surface area contributed by atoms with Gasteiger partial charge in [0.1, 0.15) is 5.75 Å². The lowest BCUT2D eigenvalue weighted by Crippen LogP contribution is -2.14. The van der Waals surface area contributed by atoms with Crippen LogP contribution in [0, 0.1) is 5.92 Å². The van der Waals surface area contributed by atoms with Gasteiger partial charge < -0.3 is 10.1 Å². The number of anilines is 1. The van der Waals surface area contributed by atoms with E-state index >= 15 is 0 Å². The molecule has 0 bridgehead atoms. The normalized spacial score (nSPS) is 10.9. The van der Waals surface area contributed by atoms with E-state index in [4.69, 9.17) is 16.3 Å². The minimum atomic E-state index is -0.0586. The fourth-order valence-corrected chi connectivity index (χ4v) is 3.70. The Morgan fingerprint density at radius 2 is 1.94 bits per heavy atom. The molecule has 0 fully saturated rings. The Bertz CT molecular complexity index is 1070. The van der Waals surface area contributed by atoms with E-state index in [0.29, 0.717) is 45.0 Å². The molecule has 0 aliphatic rings. The van der Waals surface area contributed by atoms with Crippen LogP contribution in [-0.2, 0) is 4.79 Å². The van der Waals surface area contributed by atoms with Crippen molar-refractivity contribution in [2.45, 2.75) is 25.4 Å². The zero-order chi connectivity index (χ0) is 22.4. The number of hydrogen-bond acceptors (Lipinski definition) is 6. The second-order valence-corrected chi connectivity index (χ2v) is 8.63. The molecule has 0 atom stereocenters. The monoisotopic (exact) mass is 458 g/mol. The molecule has 31 heavy (non-hydrogen) atoms. The second-order valence-electron chi connectivity index (χ2n) is 7.25. The number of Topliss-reactive ketones (excluding diaryl/α,β-unsaturated/α-hetero) is 1. The highest BCUT2D eigenvalue weighted by Crippen LogP contribution is 2.31. The topological polar surface area (TPSA) is 97.0 Å². The van der Waals surface area contributed by atoms with Crippen LogP contribution in [-0.4, -0.2) is 39.7 Å². The lowest BCUT2D eigenvalue weighted by atomic mass is 10.1. The number of H-pyrrole nitrogens is 1. The summed E-state index contributed by atoms with van der Waals surface area (Å²) in [4.78, 5) is 28.8. The predicted molar refractivity (Wildman–Crippen MR) is 123 cm³/mol. The number of amides is 1. The van der Waals surface area contributed by atoms with Crippen molar-refractivity contribution in [2.24, 2.45) is 5.92 Å². The van der Waals surface area contributed by atoms with E-state index in [0.717, 1.165) is 0 Å². The van der Waals surface area contributed by atoms with Crippen molar-refractivity contribution in [1.82, 2.24) is 15.2 Å². The van der Waals surface area contributed by atoms with Crippen LogP contribution in [0.25, 0.3) is 11.4 Å². The van der Waals surface area contributed by atoms with Crippen molar-refractivity contribution >= 4 is 40.7 Å². The number of ketones is 1. The Morgan fingerprint density at radius 1 is 1.19 bits per heavy atom. The molecule has 1 amide bonds. The van der Waals surface area contributed by atoms with E-state index in [-0.39, 0.29) is 23.4 Å². The third-order valence-corrected chi connectivity index (χ3v) is 5.38. The number of carbonyl (C=O) groups excluding carboxylic acids is 2. The Morgan fingerprint density at radius 3 is 2.61 bits per heavy atom. The number of benzene rings is 2. The number of rotatable bonds is 9. The van der Waals surface area contributed by atoms with Gasteiger partial charge in [0.2, 0.25) is 11.1 Å². The second kappa shape index (κ2) is 10.5. The van der Waals surface area contributed by atoms with Gasteiger partial charge in [-0.05, 0) is 48.4 Å². The molecule has 0 unspecified atom stereocenters. The summed E-state index contributed by atoms with van der Waals surface area (Å²) in [6, 6.07) is 12.1. The Balaban J connectivity index is 1.59. The standard InChI is InChI=1S/C22H23ClN4O3S/c1-13(2)10-20(29)24-16-7-4-14(5-8-16)18(28)12-31-22-25-21(26-27-22)17-11-15(23)6-9-19(17)30-3/h4-9,11,13H,10,12H2,1-3H3,(H,24,29)(H,25,26,27). The molecule has 0 aliphatic heterocycles. The summed E-state index contributed by atoms with van der Waals surface area (Å²) in [6.45, 7) is 3.98. The number of aromatic amines is 1. The number of carbonyl (C=O) groups is 2. The van der Waals surface area contributed by atoms with Crippen molar-refractivity contribution in [3.8, 4) is 17.1 Å². The van der Waals surface area contributed by atoms with Gasteiger partial charge >= 0.3 is 0 Å². The molecule has 0 aliphatic carbocycles. The number of ether oxygens (including phenoxy) is 1. The van der Waals surface area contributed by atoms with Gasteiger partial charge in [-0.2, -0.15) is 0 Å². The average Bonchev–Trinajstić information content (AvgIpc) is 3.21. The number of methoxy groups -OCH3 is 1. The van der Waals surface area contributed by atoms with Gasteiger partial charge in [0.15, 0.2) is 11.6 Å². The van der Waals surface area contributed by atoms with Gasteiger partial charge in [-0.1, -0.05) is 37.2 Å². The first-order chi connectivity index (χ1) is 14.9. The number of nitrogens with zero attached hydrogens (tertiary/aromatic N) is 2. The molecular formula is C22H23ClN4O3S. The number of nitrogens with one attached hydrogen (secondary N) is 2. The number of halogens is 1. The van der Waals surface area contributed by atoms with Gasteiger partial charge in [0.05, 0.1) is 18.4 Å². The molecule has 0 saturated carbocycles. The number of hydrogen-bond donors (Lipinski definition) is 2. The maximum Gasteiger partial charge on any atom is 0.224 e. The molecule has 2 N–H and O–H groups in total. The first-order valence-electron chi connectivity index (χ1n) is 9.68. The number of thioether (sulfide) groups is 1. The van der Waals surface area contributed by atoms with Crippen LogP contribution < -0.4 is 10.1 Å². The molecule has 3 rings (SSSR count). The highest BCUT2D eigenvalue weighted by molar-refractivity contribution is 7.99. The van der Waals surface area contributed by atoms with Crippen molar-refractivity contribution in [3.05, 3.63) is 53.1 Å². The number of aromatic nitrogens is 3. The minimum absolute atomic E-state index is 0.0404. The van der Waals surface area contributed by atoms with Crippen molar-refractivity contribution in [3.63, 3.8) is 0 Å². The van der Waals surface area contributed by atoms with Gasteiger partial charge in [-0.15, -0.1) is 5.10 Å². The highest BCUT2D eigenvalue weighted by Gasteiger charge is 2.14. The lowest BCUT2D eigenvalue weighted by Gasteiger charge is -2.07. The zero-order valence-corrected chi connectivity index (χ0v) is 19.0. The molecule has 1 aromatic heterocycles. The summed E-state index contributed by atoms with van der Waals surface area (Å²) in [5.74, 6) is 1.50. The molecule has 0 radical (unpaired) electrons. The Hall–Kier alpha value is -2.84. The fourth-order valence-electron chi connectivity index (χ4n) is 2.83. The lowest BCUT2D eigenvalue weighted by molar-refractivity contribution is -0.116. The molecule has 7 nitrogen and oxygen atoms in total. The van der Waals surface area contributed by atoms with Crippen LogP contribution in [0.5, 0.6) is 5.75 Å². The largest absolute Gasteiger partial charge is 0.496 e. The SMILES string of the molecule is COc1ccc(Cl)cc1-c1nc(SCC(=O)c2ccc(NC(=O)CC(C)C)cc2)n[nH]1. The smallest absolute Gasteiger partial charge is 0.224 e. The zero-order valence-electron chi connectivity index (χ0n) is 17.4. The molecule has 162 valence electrons. The van der Waals surface area contributed by atoms with E-state index in [1.54, 1.807) is 49.6 Å². The minimum Gasteiger partial charge on any atom is -0.496 e. The van der Waals surface area contributed by atoms with Gasteiger partial charge in [-0.25, -0.2) is 4.98 Å². The van der Waals surface area contributed by atoms with E-state index in [2.05, 4.69) is 20.5 Å². The van der Waals surface area contributed by atoms with Crippen molar-refractivity contribution < 1.29 is 14.3 Å². The summed E-state index contributed by atoms with van der Waals surface area (Å²) in [5, 5.41) is 10.8. The van der Waals surface area contributed by atoms with Crippen LogP contribution in [0.4, 0.5) is 5.69 Å². The van der Waals surface area contributed by atoms with Crippen LogP contribution >= 0.6 is 23.4 Å². The maximum absolute atomic E-state index is 12.5. The molecular weight excluding hydrogens is 436 g/mol. The predicted octanol–water partition coefficient (Wildman–Crippen LogP) is 5.09. The third-order valence-electron chi connectivity index (χ3n) is 4.30. The van der Waals surface area contributed by atoms with Crippen LogP contribution in [0.3, 0.4) is 0 Å². The van der Waals surface area contributed by atoms with Crippen LogP contribution in [0.2, 0.25) is 5.02 Å². The van der Waals surface area contributed by atoms with E-state index in [1.807, 2.05) is 13.8 Å². The maximum atomic E-state index is 12.5. The molecule has 0 saturated heterocycles. The quantitative estimate of drug-likeness (QED) is 0.342. The summed E-state index contributed by atoms with van der Waals surface area (Å²) < 4.78 is 5.34. The average molecular weight is 459 g/mol. The summed E-state index contributed by atoms with van der Waals surface area (Å²) in [6.07, 6.45) is 0.455. The van der Waals surface area contributed by atoms with E-state index in [9.17, 15) is 9.59 Å². The molecule has 2 aromatic carbocycles. The Labute approximate surface area is 189 Å². The van der Waals surface area contributed by atoms with Crippen LogP contribution in [0.1, 0.15) is 30.6 Å². The van der Waals surface area contributed by atoms with Crippen molar-refractivity contribution in [2.75, 3.05) is 18.2 Å². The molecule has 3 aromatic rings. The fraction of sp³-hybridized carbons (Fsp3) is 0.273. The van der Waals surface area contributed by atoms with Gasteiger partial charge in [-0.3, -0.25) is 14.7 Å². The summed E-state index contributed by atoms with van der Waals surface area (Å²) >= 11 is 7.30. The molecule has 9 heteroatoms. The van der Waals surface area contributed by atoms with E-state index in [1.165, 1.54) is 11.8 Å². The first kappa shape index (κ1) is 22.8. The molecule has 1 heterocycles. The summed E-state index contributed by atoms with van der Waals surface area (Å²) in [5.41, 5.74) is 1.92. The first-order valence-corrected chi connectivity index (χ1v) is 11.0. The van der Waals surface area contributed by atoms with Gasteiger partial charge in [0, 0.05) is 22.7 Å².